The van der Waals surface area contributed by atoms with Crippen molar-refractivity contribution in [2.45, 2.75) is 17.1 Å². The number of nitrogens with two attached hydrogens (primary N) is 2. The van der Waals surface area contributed by atoms with Crippen LogP contribution in [0.4, 0.5) is 30.5 Å². The number of aliphatic imine (C=N–C) groups is 1. The third kappa shape index (κ3) is 3.58. The van der Waals surface area contributed by atoms with Gasteiger partial charge in [0.25, 0.3) is 0 Å². The lowest BCUT2D eigenvalue weighted by atomic mass is 9.91. The van der Waals surface area contributed by atoms with Crippen molar-refractivity contribution in [3.05, 3.63) is 40.5 Å². The monoisotopic (exact) mass is 418 g/mol. The van der Waals surface area contributed by atoms with E-state index in [1.165, 1.54) is 12.1 Å². The Morgan fingerprint density at radius 2 is 2.00 bits per heavy atom. The lowest BCUT2D eigenvalue weighted by Crippen LogP contribution is -2.33. The summed E-state index contributed by atoms with van der Waals surface area (Å²) < 4.78 is 41.4. The van der Waals surface area contributed by atoms with Gasteiger partial charge in [0, 0.05) is 10.5 Å². The van der Waals surface area contributed by atoms with Crippen LogP contribution in [0.3, 0.4) is 0 Å². The number of benzene rings is 1. The molecule has 1 aliphatic heterocycles. The van der Waals surface area contributed by atoms with E-state index in [0.29, 0.717) is 4.90 Å². The first-order valence-corrected chi connectivity index (χ1v) is 9.17. The smallest absolute Gasteiger partial charge is 0.397 e. The average Bonchev–Trinajstić information content (AvgIpc) is 2.66. The number of hydrogen-bond donors (Lipinski definition) is 4. The first-order chi connectivity index (χ1) is 13.7. The number of thioether (sulfide) groups is 1. The van der Waals surface area contributed by atoms with E-state index in [-0.39, 0.29) is 40.0 Å². The van der Waals surface area contributed by atoms with Gasteiger partial charge in [0.1, 0.15) is 29.3 Å². The minimum absolute atomic E-state index is 0.0128. The highest BCUT2D eigenvalue weighted by molar-refractivity contribution is 7.98. The van der Waals surface area contributed by atoms with Gasteiger partial charge in [-0.2, -0.15) is 23.7 Å². The Hall–Kier alpha value is -3.64. The fourth-order valence-electron chi connectivity index (χ4n) is 2.95. The van der Waals surface area contributed by atoms with Crippen LogP contribution >= 0.6 is 11.8 Å². The predicted octanol–water partition coefficient (Wildman–Crippen LogP) is 2.80. The van der Waals surface area contributed by atoms with Crippen molar-refractivity contribution >= 4 is 35.0 Å². The van der Waals surface area contributed by atoms with Crippen LogP contribution in [0.25, 0.3) is 0 Å². The quantitative estimate of drug-likeness (QED) is 0.330. The van der Waals surface area contributed by atoms with Crippen molar-refractivity contribution in [2.24, 2.45) is 4.99 Å². The topological polar surface area (TPSA) is 149 Å². The lowest BCUT2D eigenvalue weighted by molar-refractivity contribution is -0.138. The number of nitrogen functional groups attached to an aromatic ring is 2. The minimum atomic E-state index is -4.67. The molecule has 3 rings (SSSR count). The molecule has 2 heterocycles. The molecule has 8 nitrogen and oxygen atoms in total. The molecule has 0 radical (unpaired) electrons. The third-order valence-electron chi connectivity index (χ3n) is 4.22. The first-order valence-electron chi connectivity index (χ1n) is 7.95. The van der Waals surface area contributed by atoms with Gasteiger partial charge in [0.15, 0.2) is 6.19 Å². The number of hydrogen-bond acceptors (Lipinski definition) is 9. The second kappa shape index (κ2) is 7.41. The molecule has 6 N–H and O–H groups in total. The number of guanidine groups is 1. The number of aromatic nitrogens is 1. The number of alkyl halides is 3. The van der Waals surface area contributed by atoms with Gasteiger partial charge in [-0.05, 0) is 24.0 Å². The Morgan fingerprint density at radius 1 is 1.28 bits per heavy atom. The Kier molecular flexibility index (Phi) is 5.14. The molecule has 12 heteroatoms. The van der Waals surface area contributed by atoms with E-state index in [2.05, 4.69) is 20.6 Å². The second-order valence-corrected chi connectivity index (χ2v) is 6.73. The van der Waals surface area contributed by atoms with Gasteiger partial charge in [0.05, 0.1) is 11.3 Å². The Labute approximate surface area is 167 Å². The number of anilines is 3. The SMILES string of the molecule is CSc1ccc(C2N=C(NC#N)Nc3nc(N)c(C#N)c(N)c32)c(C(F)(F)F)c1. The molecule has 0 spiro atoms. The highest BCUT2D eigenvalue weighted by Gasteiger charge is 2.39. The molecule has 1 unspecified atom stereocenters. The van der Waals surface area contributed by atoms with Gasteiger partial charge in [0.2, 0.25) is 5.96 Å². The zero-order chi connectivity index (χ0) is 21.3. The maximum absolute atomic E-state index is 13.8. The number of rotatable bonds is 2. The van der Waals surface area contributed by atoms with E-state index >= 15 is 0 Å². The summed E-state index contributed by atoms with van der Waals surface area (Å²) in [5.41, 5.74) is 10.5. The van der Waals surface area contributed by atoms with Gasteiger partial charge in [-0.3, -0.25) is 5.32 Å². The fraction of sp³-hybridized carbons (Fsp3) is 0.176. The first kappa shape index (κ1) is 20.1. The van der Waals surface area contributed by atoms with Crippen LogP contribution < -0.4 is 22.1 Å². The molecular weight excluding hydrogens is 405 g/mol. The van der Waals surface area contributed by atoms with Crippen molar-refractivity contribution in [3.63, 3.8) is 0 Å². The second-order valence-electron chi connectivity index (χ2n) is 5.85. The van der Waals surface area contributed by atoms with E-state index in [0.717, 1.165) is 17.8 Å². The summed E-state index contributed by atoms with van der Waals surface area (Å²) in [5.74, 6) is -0.302. The van der Waals surface area contributed by atoms with E-state index in [1.54, 1.807) is 18.5 Å². The largest absolute Gasteiger partial charge is 0.416 e. The molecule has 0 fully saturated rings. The average molecular weight is 418 g/mol. The molecule has 1 aliphatic rings. The van der Waals surface area contributed by atoms with E-state index in [4.69, 9.17) is 16.7 Å². The molecule has 1 atom stereocenters. The number of nitriles is 2. The van der Waals surface area contributed by atoms with Crippen molar-refractivity contribution in [1.29, 1.82) is 10.5 Å². The standard InChI is InChI=1S/C17H13F3N8S/c1-29-7-2-3-8(10(4-7)17(18,19)20)13-11-12(23)9(5-21)14(24)27-15(11)28-16(26-13)25-6-22/h2-4,13H,1H3,(H6,23,24,25,26,27,28). The zero-order valence-electron chi connectivity index (χ0n) is 14.8. The van der Waals surface area contributed by atoms with E-state index in [1.807, 2.05) is 0 Å². The molecule has 1 aromatic heterocycles. The molecule has 29 heavy (non-hydrogen) atoms. The van der Waals surface area contributed by atoms with Crippen molar-refractivity contribution in [3.8, 4) is 12.3 Å². The highest BCUT2D eigenvalue weighted by atomic mass is 32.2. The van der Waals surface area contributed by atoms with Crippen molar-refractivity contribution in [2.75, 3.05) is 23.0 Å². The Morgan fingerprint density at radius 3 is 2.59 bits per heavy atom. The summed E-state index contributed by atoms with van der Waals surface area (Å²) in [4.78, 5) is 8.61. The number of nitrogens with zero attached hydrogens (tertiary/aromatic N) is 4. The number of fused-ring (bicyclic) bond motifs is 1. The molecule has 148 valence electrons. The van der Waals surface area contributed by atoms with Crippen LogP contribution in [0.15, 0.2) is 28.1 Å². The Balaban J connectivity index is 2.33. The lowest BCUT2D eigenvalue weighted by Gasteiger charge is -2.28. The summed E-state index contributed by atoms with van der Waals surface area (Å²) in [6.07, 6.45) is -1.37. The molecular formula is C17H13F3N8S. The minimum Gasteiger partial charge on any atom is -0.397 e. The maximum Gasteiger partial charge on any atom is 0.416 e. The van der Waals surface area contributed by atoms with Crippen LogP contribution in [0.5, 0.6) is 0 Å². The molecule has 0 saturated carbocycles. The Bertz CT molecular complexity index is 1100. The van der Waals surface area contributed by atoms with Gasteiger partial charge >= 0.3 is 6.18 Å². The normalized spacial score (nSPS) is 15.4. The fourth-order valence-corrected chi connectivity index (χ4v) is 3.39. The maximum atomic E-state index is 13.8. The van der Waals surface area contributed by atoms with Gasteiger partial charge in [-0.25, -0.2) is 9.98 Å². The summed E-state index contributed by atoms with van der Waals surface area (Å²) in [6, 6.07) is 4.37. The molecule has 0 bridgehead atoms. The molecule has 2 aromatic rings. The molecule has 1 aromatic carbocycles. The highest BCUT2D eigenvalue weighted by Crippen LogP contribution is 2.45. The van der Waals surface area contributed by atoms with Gasteiger partial charge in [-0.15, -0.1) is 11.8 Å². The van der Waals surface area contributed by atoms with Crippen LogP contribution in [0.2, 0.25) is 0 Å². The van der Waals surface area contributed by atoms with E-state index in [9.17, 15) is 18.4 Å². The zero-order valence-corrected chi connectivity index (χ0v) is 15.6. The number of halogens is 3. The van der Waals surface area contributed by atoms with Gasteiger partial charge in [-0.1, -0.05) is 6.07 Å². The molecule has 0 saturated heterocycles. The summed E-state index contributed by atoms with van der Waals surface area (Å²) in [5, 5.41) is 23.1. The van der Waals surface area contributed by atoms with Crippen molar-refractivity contribution in [1.82, 2.24) is 10.3 Å². The van der Waals surface area contributed by atoms with Crippen LogP contribution in [0, 0.1) is 22.8 Å². The van der Waals surface area contributed by atoms with Gasteiger partial charge < -0.3 is 16.8 Å². The third-order valence-corrected chi connectivity index (χ3v) is 4.94. The van der Waals surface area contributed by atoms with Crippen LogP contribution in [0.1, 0.15) is 28.3 Å². The van der Waals surface area contributed by atoms with E-state index < -0.39 is 17.8 Å². The number of nitrogens with one attached hydrogen (secondary N) is 2. The molecule has 0 aliphatic carbocycles. The summed E-state index contributed by atoms with van der Waals surface area (Å²) in [7, 11) is 0. The summed E-state index contributed by atoms with van der Waals surface area (Å²) >= 11 is 1.16. The molecule has 0 amide bonds. The van der Waals surface area contributed by atoms with Crippen molar-refractivity contribution < 1.29 is 13.2 Å². The van der Waals surface area contributed by atoms with Crippen LogP contribution in [-0.2, 0) is 6.18 Å². The van der Waals surface area contributed by atoms with Crippen LogP contribution in [-0.4, -0.2) is 17.2 Å². The summed E-state index contributed by atoms with van der Waals surface area (Å²) in [6.45, 7) is 0. The number of pyridine rings is 1. The predicted molar refractivity (Wildman–Crippen MR) is 103 cm³/mol.